The highest BCUT2D eigenvalue weighted by atomic mass is 19.4. The van der Waals surface area contributed by atoms with Crippen molar-refractivity contribution in [3.8, 4) is 0 Å². The van der Waals surface area contributed by atoms with Crippen molar-refractivity contribution in [1.82, 2.24) is 0 Å². The molecule has 2 bridgehead atoms. The van der Waals surface area contributed by atoms with E-state index in [-0.39, 0.29) is 34.5 Å². The molecule has 5 atom stereocenters. The van der Waals surface area contributed by atoms with E-state index in [0.717, 1.165) is 6.42 Å². The highest BCUT2D eigenvalue weighted by molar-refractivity contribution is 5.09. The Morgan fingerprint density at radius 1 is 0.815 bits per heavy atom. The van der Waals surface area contributed by atoms with E-state index in [1.165, 1.54) is 0 Å². The highest BCUT2D eigenvalue weighted by Crippen LogP contribution is 2.67. The average molecular weight is 402 g/mol. The molecule has 7 heteroatoms. The maximum absolute atomic E-state index is 13.2. The summed E-state index contributed by atoms with van der Waals surface area (Å²) in [5, 5.41) is 9.69. The van der Waals surface area contributed by atoms with Gasteiger partial charge in [-0.05, 0) is 59.7 Å². The lowest BCUT2D eigenvalue weighted by atomic mass is 9.55. The largest absolute Gasteiger partial charge is 0.426 e. The van der Waals surface area contributed by atoms with Gasteiger partial charge in [-0.3, -0.25) is 0 Å². The molecule has 5 unspecified atom stereocenters. The summed E-state index contributed by atoms with van der Waals surface area (Å²) in [6.45, 7) is 12.5. The van der Waals surface area contributed by atoms with Crippen molar-refractivity contribution in [2.75, 3.05) is 0 Å². The van der Waals surface area contributed by atoms with Crippen molar-refractivity contribution < 1.29 is 31.4 Å². The lowest BCUT2D eigenvalue weighted by Crippen LogP contribution is -2.58. The topological polar surface area (TPSA) is 20.2 Å². The van der Waals surface area contributed by atoms with Crippen LogP contribution in [0.1, 0.15) is 67.2 Å². The molecule has 0 spiro atoms. The SMILES string of the molecule is CCC(C)(C)C1C2CC(CC2CC(O)(C(F)(F)F)C(F)(F)F)C1C(C)(C)C. The van der Waals surface area contributed by atoms with Gasteiger partial charge in [-0.1, -0.05) is 48.0 Å². The number of alkyl halides is 6. The first-order chi connectivity index (χ1) is 11.9. The number of hydrogen-bond acceptors (Lipinski definition) is 1. The molecule has 2 saturated carbocycles. The van der Waals surface area contributed by atoms with Gasteiger partial charge in [-0.25, -0.2) is 0 Å². The first-order valence-electron chi connectivity index (χ1n) is 9.72. The summed E-state index contributed by atoms with van der Waals surface area (Å²) in [6.07, 6.45) is -10.9. The summed E-state index contributed by atoms with van der Waals surface area (Å²) < 4.78 is 79.1. The van der Waals surface area contributed by atoms with Crippen LogP contribution < -0.4 is 0 Å². The minimum Gasteiger partial charge on any atom is -0.374 e. The summed E-state index contributed by atoms with van der Waals surface area (Å²) in [5.41, 5.74) is -4.87. The molecule has 2 aliphatic rings. The van der Waals surface area contributed by atoms with Crippen molar-refractivity contribution in [2.24, 2.45) is 40.4 Å². The van der Waals surface area contributed by atoms with Crippen LogP contribution in [0.25, 0.3) is 0 Å². The van der Waals surface area contributed by atoms with Crippen LogP contribution in [-0.4, -0.2) is 23.1 Å². The van der Waals surface area contributed by atoms with Crippen LogP contribution in [0.15, 0.2) is 0 Å². The molecule has 0 heterocycles. The number of halogens is 6. The summed E-state index contributed by atoms with van der Waals surface area (Å²) in [5.74, 6) is -0.555. The molecule has 2 rings (SSSR count). The molecule has 27 heavy (non-hydrogen) atoms. The van der Waals surface area contributed by atoms with Gasteiger partial charge in [0.2, 0.25) is 0 Å². The summed E-state index contributed by atoms with van der Waals surface area (Å²) in [4.78, 5) is 0. The Balaban J connectivity index is 2.38. The molecule has 2 fully saturated rings. The zero-order valence-corrected chi connectivity index (χ0v) is 16.9. The highest BCUT2D eigenvalue weighted by Gasteiger charge is 2.72. The second-order valence-corrected chi connectivity index (χ2v) is 10.5. The number of aliphatic hydroxyl groups is 1. The summed E-state index contributed by atoms with van der Waals surface area (Å²) in [7, 11) is 0. The molecule has 2 aliphatic carbocycles. The third-order valence-corrected chi connectivity index (χ3v) is 7.45. The van der Waals surface area contributed by atoms with Gasteiger partial charge in [0, 0.05) is 0 Å². The number of rotatable bonds is 4. The quantitative estimate of drug-likeness (QED) is 0.525. The lowest BCUT2D eigenvalue weighted by molar-refractivity contribution is -0.373. The zero-order valence-electron chi connectivity index (χ0n) is 16.9. The number of fused-ring (bicyclic) bond motifs is 2. The fourth-order valence-electron chi connectivity index (χ4n) is 6.05. The lowest BCUT2D eigenvalue weighted by Gasteiger charge is -2.50. The molecular weight excluding hydrogens is 370 g/mol. The van der Waals surface area contributed by atoms with E-state index < -0.39 is 30.3 Å². The van der Waals surface area contributed by atoms with Crippen LogP contribution in [-0.2, 0) is 0 Å². The third-order valence-electron chi connectivity index (χ3n) is 7.45. The van der Waals surface area contributed by atoms with Crippen LogP contribution in [0.3, 0.4) is 0 Å². The average Bonchev–Trinajstić information content (AvgIpc) is 3.01. The Morgan fingerprint density at radius 3 is 1.67 bits per heavy atom. The predicted octanol–water partition coefficient (Wildman–Crippen LogP) is 6.60. The second-order valence-electron chi connectivity index (χ2n) is 10.5. The van der Waals surface area contributed by atoms with Gasteiger partial charge in [0.15, 0.2) is 0 Å². The molecule has 0 saturated heterocycles. The second kappa shape index (κ2) is 6.53. The molecule has 0 aromatic heterocycles. The molecule has 0 radical (unpaired) electrons. The standard InChI is InChI=1S/C20H32F6O/c1-7-17(5,6)15-13-9-11(14(15)16(2,3)4)8-12(13)10-18(27,19(21,22)23)20(24,25)26/h11-15,27H,7-10H2,1-6H3. The van der Waals surface area contributed by atoms with E-state index in [0.29, 0.717) is 12.8 Å². The Bertz CT molecular complexity index is 528. The van der Waals surface area contributed by atoms with Crippen molar-refractivity contribution in [3.05, 3.63) is 0 Å². The van der Waals surface area contributed by atoms with Crippen LogP contribution in [0, 0.1) is 40.4 Å². The van der Waals surface area contributed by atoms with Gasteiger partial charge in [0.05, 0.1) is 0 Å². The molecule has 0 amide bonds. The molecule has 1 N–H and O–H groups in total. The minimum atomic E-state index is -5.73. The van der Waals surface area contributed by atoms with E-state index >= 15 is 0 Å². The number of hydrogen-bond donors (Lipinski definition) is 1. The van der Waals surface area contributed by atoms with Gasteiger partial charge in [0.25, 0.3) is 5.60 Å². The maximum Gasteiger partial charge on any atom is 0.426 e. The van der Waals surface area contributed by atoms with Gasteiger partial charge in [-0.2, -0.15) is 26.3 Å². The summed E-state index contributed by atoms with van der Waals surface area (Å²) in [6, 6.07) is 0. The van der Waals surface area contributed by atoms with E-state index in [4.69, 9.17) is 0 Å². The van der Waals surface area contributed by atoms with Crippen LogP contribution in [0.2, 0.25) is 0 Å². The molecule has 160 valence electrons. The Kier molecular flexibility index (Phi) is 5.52. The van der Waals surface area contributed by atoms with Gasteiger partial charge in [0.1, 0.15) is 0 Å². The molecule has 0 aromatic carbocycles. The minimum absolute atomic E-state index is 0.0527. The Morgan fingerprint density at radius 2 is 1.30 bits per heavy atom. The fraction of sp³-hybridized carbons (Fsp3) is 1.00. The maximum atomic E-state index is 13.2. The van der Waals surface area contributed by atoms with Crippen molar-refractivity contribution in [3.63, 3.8) is 0 Å². The van der Waals surface area contributed by atoms with Crippen molar-refractivity contribution in [2.45, 2.75) is 85.2 Å². The molecule has 0 aromatic rings. The smallest absolute Gasteiger partial charge is 0.374 e. The van der Waals surface area contributed by atoms with E-state index in [1.54, 1.807) is 0 Å². The monoisotopic (exact) mass is 402 g/mol. The van der Waals surface area contributed by atoms with Crippen LogP contribution in [0.4, 0.5) is 26.3 Å². The third kappa shape index (κ3) is 3.74. The van der Waals surface area contributed by atoms with E-state index in [1.807, 2.05) is 6.92 Å². The van der Waals surface area contributed by atoms with Gasteiger partial charge < -0.3 is 5.11 Å². The van der Waals surface area contributed by atoms with Crippen LogP contribution >= 0.6 is 0 Å². The molecular formula is C20H32F6O. The first-order valence-corrected chi connectivity index (χ1v) is 9.72. The van der Waals surface area contributed by atoms with Gasteiger partial charge in [-0.15, -0.1) is 0 Å². The van der Waals surface area contributed by atoms with Crippen molar-refractivity contribution in [1.29, 1.82) is 0 Å². The van der Waals surface area contributed by atoms with Crippen LogP contribution in [0.5, 0.6) is 0 Å². The Labute approximate surface area is 157 Å². The normalized spacial score (nSPS) is 33.0. The van der Waals surface area contributed by atoms with E-state index in [9.17, 15) is 31.4 Å². The molecule has 0 aliphatic heterocycles. The summed E-state index contributed by atoms with van der Waals surface area (Å²) >= 11 is 0. The fourth-order valence-corrected chi connectivity index (χ4v) is 6.05. The Hall–Kier alpha value is -0.460. The zero-order chi connectivity index (χ0) is 21.2. The van der Waals surface area contributed by atoms with Crippen molar-refractivity contribution >= 4 is 0 Å². The first kappa shape index (κ1) is 22.8. The van der Waals surface area contributed by atoms with Gasteiger partial charge >= 0.3 is 12.4 Å². The predicted molar refractivity (Wildman–Crippen MR) is 91.9 cm³/mol. The van der Waals surface area contributed by atoms with E-state index in [2.05, 4.69) is 34.6 Å². The molecule has 1 nitrogen and oxygen atoms in total.